The fourth-order valence-corrected chi connectivity index (χ4v) is 1.78. The number of nitrogens with one attached hydrogen (secondary N) is 1. The number of carbonyl (C=O) groups excluding carboxylic acids is 1. The Hall–Kier alpha value is -2.21. The van der Waals surface area contributed by atoms with Crippen molar-refractivity contribution in [2.75, 3.05) is 19.0 Å². The third-order valence-corrected chi connectivity index (χ3v) is 2.67. The predicted octanol–water partition coefficient (Wildman–Crippen LogP) is 2.53. The van der Waals surface area contributed by atoms with E-state index in [9.17, 15) is 14.0 Å². The molecule has 2 N–H and O–H groups in total. The van der Waals surface area contributed by atoms with Crippen molar-refractivity contribution < 1.29 is 23.8 Å². The molecular weight excluding hydrogens is 277 g/mol. The zero-order valence-corrected chi connectivity index (χ0v) is 11.9. The van der Waals surface area contributed by atoms with Gasteiger partial charge in [-0.05, 0) is 30.2 Å². The molecule has 114 valence electrons. The Labute approximate surface area is 122 Å². The lowest BCUT2D eigenvalue weighted by molar-refractivity contribution is -0.131. The topological polar surface area (TPSA) is 75.6 Å². The van der Waals surface area contributed by atoms with Crippen LogP contribution >= 0.6 is 0 Å². The number of amides is 1. The van der Waals surface area contributed by atoms with E-state index in [1.165, 1.54) is 18.2 Å². The highest BCUT2D eigenvalue weighted by Gasteiger charge is 2.10. The highest BCUT2D eigenvalue weighted by Crippen LogP contribution is 2.17. The van der Waals surface area contributed by atoms with Crippen LogP contribution in [0.2, 0.25) is 0 Å². The minimum Gasteiger partial charge on any atom is -0.478 e. The molecule has 0 bridgehead atoms. The standard InChI is InChI=1S/C15H18FNO4/c1-10(9-21-2)7-14(18)17-12-4-5-13(16)11(8-12)3-6-15(19)20/h3-6,8,10H,7,9H2,1-2H3,(H,17,18)(H,19,20)/b6-3+. The van der Waals surface area contributed by atoms with Crippen molar-refractivity contribution in [2.45, 2.75) is 13.3 Å². The molecule has 1 rings (SSSR count). The van der Waals surface area contributed by atoms with E-state index in [1.807, 2.05) is 6.92 Å². The molecule has 6 heteroatoms. The van der Waals surface area contributed by atoms with E-state index < -0.39 is 11.8 Å². The number of hydrogen-bond acceptors (Lipinski definition) is 3. The summed E-state index contributed by atoms with van der Waals surface area (Å²) in [5.74, 6) is -1.86. The molecule has 0 heterocycles. The Morgan fingerprint density at radius 2 is 2.19 bits per heavy atom. The molecular formula is C15H18FNO4. The number of methoxy groups -OCH3 is 1. The van der Waals surface area contributed by atoms with Crippen LogP contribution in [0, 0.1) is 11.7 Å². The van der Waals surface area contributed by atoms with Gasteiger partial charge in [0.1, 0.15) is 5.82 Å². The molecule has 1 aromatic carbocycles. The van der Waals surface area contributed by atoms with E-state index in [0.717, 1.165) is 12.2 Å². The van der Waals surface area contributed by atoms with Crippen LogP contribution in [0.25, 0.3) is 6.08 Å². The number of halogens is 1. The molecule has 0 fully saturated rings. The lowest BCUT2D eigenvalue weighted by Gasteiger charge is -2.11. The number of rotatable bonds is 7. The number of benzene rings is 1. The van der Waals surface area contributed by atoms with Crippen molar-refractivity contribution in [2.24, 2.45) is 5.92 Å². The molecule has 5 nitrogen and oxygen atoms in total. The van der Waals surface area contributed by atoms with E-state index in [2.05, 4.69) is 5.32 Å². The Kier molecular flexibility index (Phi) is 6.55. The van der Waals surface area contributed by atoms with Gasteiger partial charge in [0.25, 0.3) is 0 Å². The van der Waals surface area contributed by atoms with Crippen LogP contribution < -0.4 is 5.32 Å². The maximum Gasteiger partial charge on any atom is 0.328 e. The summed E-state index contributed by atoms with van der Waals surface area (Å²) in [5, 5.41) is 11.2. The molecule has 0 aliphatic rings. The zero-order valence-electron chi connectivity index (χ0n) is 11.9. The monoisotopic (exact) mass is 295 g/mol. The molecule has 1 aromatic rings. The number of aliphatic carboxylic acids is 1. The Morgan fingerprint density at radius 3 is 2.81 bits per heavy atom. The van der Waals surface area contributed by atoms with Crippen molar-refractivity contribution in [1.82, 2.24) is 0 Å². The Morgan fingerprint density at radius 1 is 1.48 bits per heavy atom. The number of carboxylic acids is 1. The summed E-state index contributed by atoms with van der Waals surface area (Å²) >= 11 is 0. The number of carboxylic acid groups (broad SMARTS) is 1. The van der Waals surface area contributed by atoms with E-state index in [1.54, 1.807) is 7.11 Å². The summed E-state index contributed by atoms with van der Waals surface area (Å²) in [6.45, 7) is 2.36. The van der Waals surface area contributed by atoms with Gasteiger partial charge in [-0.25, -0.2) is 9.18 Å². The van der Waals surface area contributed by atoms with Crippen LogP contribution in [-0.4, -0.2) is 30.7 Å². The van der Waals surface area contributed by atoms with Gasteiger partial charge < -0.3 is 15.2 Å². The minimum atomic E-state index is -1.17. The quantitative estimate of drug-likeness (QED) is 0.758. The van der Waals surface area contributed by atoms with Crippen molar-refractivity contribution in [3.8, 4) is 0 Å². The normalized spacial score (nSPS) is 12.3. The van der Waals surface area contributed by atoms with Gasteiger partial charge in [0.2, 0.25) is 5.91 Å². The van der Waals surface area contributed by atoms with Crippen molar-refractivity contribution >= 4 is 23.6 Å². The third kappa shape index (κ3) is 6.18. The van der Waals surface area contributed by atoms with E-state index >= 15 is 0 Å². The van der Waals surface area contributed by atoms with E-state index in [0.29, 0.717) is 12.3 Å². The van der Waals surface area contributed by atoms with Gasteiger partial charge >= 0.3 is 5.97 Å². The number of carbonyl (C=O) groups is 2. The van der Waals surface area contributed by atoms with Crippen molar-refractivity contribution in [1.29, 1.82) is 0 Å². The first kappa shape index (κ1) is 16.8. The van der Waals surface area contributed by atoms with E-state index in [4.69, 9.17) is 9.84 Å². The summed E-state index contributed by atoms with van der Waals surface area (Å²) in [6, 6.07) is 3.98. The third-order valence-electron chi connectivity index (χ3n) is 2.67. The molecule has 0 spiro atoms. The van der Waals surface area contributed by atoms with Crippen LogP contribution in [-0.2, 0) is 14.3 Å². The molecule has 0 radical (unpaired) electrons. The maximum absolute atomic E-state index is 13.5. The summed E-state index contributed by atoms with van der Waals surface area (Å²) in [7, 11) is 1.56. The summed E-state index contributed by atoms with van der Waals surface area (Å²) in [4.78, 5) is 22.2. The predicted molar refractivity (Wildman–Crippen MR) is 77.4 cm³/mol. The second-order valence-electron chi connectivity index (χ2n) is 4.72. The Bertz CT molecular complexity index is 542. The maximum atomic E-state index is 13.5. The van der Waals surface area contributed by atoms with E-state index in [-0.39, 0.29) is 23.8 Å². The van der Waals surface area contributed by atoms with Gasteiger partial charge in [0.15, 0.2) is 0 Å². The van der Waals surface area contributed by atoms with Gasteiger partial charge in [-0.1, -0.05) is 6.92 Å². The molecule has 0 aromatic heterocycles. The fourth-order valence-electron chi connectivity index (χ4n) is 1.78. The average molecular weight is 295 g/mol. The van der Waals surface area contributed by atoms with Crippen LogP contribution in [0.3, 0.4) is 0 Å². The van der Waals surface area contributed by atoms with Gasteiger partial charge in [-0.3, -0.25) is 4.79 Å². The molecule has 1 atom stereocenters. The van der Waals surface area contributed by atoms with Crippen LogP contribution in [0.5, 0.6) is 0 Å². The first-order valence-electron chi connectivity index (χ1n) is 6.41. The van der Waals surface area contributed by atoms with Crippen molar-refractivity contribution in [3.63, 3.8) is 0 Å². The van der Waals surface area contributed by atoms with Gasteiger partial charge in [0, 0.05) is 37.5 Å². The molecule has 21 heavy (non-hydrogen) atoms. The van der Waals surface area contributed by atoms with Crippen LogP contribution in [0.4, 0.5) is 10.1 Å². The lowest BCUT2D eigenvalue weighted by Crippen LogP contribution is -2.17. The number of anilines is 1. The van der Waals surface area contributed by atoms with Gasteiger partial charge in [0.05, 0.1) is 0 Å². The number of ether oxygens (including phenoxy) is 1. The fraction of sp³-hybridized carbons (Fsp3) is 0.333. The second-order valence-corrected chi connectivity index (χ2v) is 4.72. The average Bonchev–Trinajstić information content (AvgIpc) is 2.39. The number of hydrogen-bond donors (Lipinski definition) is 2. The van der Waals surface area contributed by atoms with Crippen LogP contribution in [0.1, 0.15) is 18.9 Å². The zero-order chi connectivity index (χ0) is 15.8. The molecule has 0 aliphatic heterocycles. The smallest absolute Gasteiger partial charge is 0.328 e. The first-order chi connectivity index (χ1) is 9.92. The van der Waals surface area contributed by atoms with Crippen molar-refractivity contribution in [3.05, 3.63) is 35.7 Å². The minimum absolute atomic E-state index is 0.0711. The van der Waals surface area contributed by atoms with Crippen LogP contribution in [0.15, 0.2) is 24.3 Å². The highest BCUT2D eigenvalue weighted by molar-refractivity contribution is 5.91. The van der Waals surface area contributed by atoms with Gasteiger partial charge in [-0.15, -0.1) is 0 Å². The lowest BCUT2D eigenvalue weighted by atomic mass is 10.1. The first-order valence-corrected chi connectivity index (χ1v) is 6.41. The Balaban J connectivity index is 2.74. The molecule has 0 saturated heterocycles. The molecule has 1 unspecified atom stereocenters. The largest absolute Gasteiger partial charge is 0.478 e. The summed E-state index contributed by atoms with van der Waals surface area (Å²) in [5.41, 5.74) is 0.510. The molecule has 0 saturated carbocycles. The molecule has 0 aliphatic carbocycles. The molecule has 1 amide bonds. The summed E-state index contributed by atoms with van der Waals surface area (Å²) in [6.07, 6.45) is 2.26. The summed E-state index contributed by atoms with van der Waals surface area (Å²) < 4.78 is 18.4. The SMILES string of the molecule is COCC(C)CC(=O)Nc1ccc(F)c(/C=C/C(=O)O)c1. The van der Waals surface area contributed by atoms with Gasteiger partial charge in [-0.2, -0.15) is 0 Å². The highest BCUT2D eigenvalue weighted by atomic mass is 19.1. The second kappa shape index (κ2) is 8.16.